The maximum absolute atomic E-state index is 13.4. The second-order valence-electron chi connectivity index (χ2n) is 7.41. The van der Waals surface area contributed by atoms with Crippen LogP contribution in [0.1, 0.15) is 13.8 Å². The summed E-state index contributed by atoms with van der Waals surface area (Å²) >= 11 is 0. The number of pyridine rings is 1. The van der Waals surface area contributed by atoms with Gasteiger partial charge in [0.2, 0.25) is 0 Å². The Morgan fingerprint density at radius 1 is 0.931 bits per heavy atom. The number of benzene rings is 3. The molecule has 2 heterocycles. The number of likely N-dealkylation sites (N-methyl/N-ethyl adjacent to an activating group) is 1. The van der Waals surface area contributed by atoms with Gasteiger partial charge in [0, 0.05) is 40.3 Å². The topological polar surface area (TPSA) is 49.6 Å². The average Bonchev–Trinajstić information content (AvgIpc) is 3.15. The third-order valence-electron chi connectivity index (χ3n) is 5.91. The summed E-state index contributed by atoms with van der Waals surface area (Å²) in [5, 5.41) is 7.39. The number of aromatic nitrogens is 2. The smallest absolute Gasteiger partial charge is 0.264 e. The van der Waals surface area contributed by atoms with Gasteiger partial charge in [0.25, 0.3) is 5.56 Å². The van der Waals surface area contributed by atoms with Gasteiger partial charge in [-0.25, -0.2) is 4.98 Å². The van der Waals surface area contributed by atoms with E-state index in [2.05, 4.69) is 42.3 Å². The SMILES string of the molecule is CCN(CC)CCNc1ccc2c3c1cccc3c(=O)n1c3ccccc3nc21. The van der Waals surface area contributed by atoms with Crippen LogP contribution < -0.4 is 10.9 Å². The molecule has 5 rings (SSSR count). The molecule has 29 heavy (non-hydrogen) atoms. The molecule has 0 aliphatic heterocycles. The van der Waals surface area contributed by atoms with Crippen molar-refractivity contribution in [2.75, 3.05) is 31.5 Å². The number of hydrogen-bond acceptors (Lipinski definition) is 4. The number of rotatable bonds is 6. The van der Waals surface area contributed by atoms with Crippen LogP contribution in [0.3, 0.4) is 0 Å². The van der Waals surface area contributed by atoms with E-state index in [1.54, 1.807) is 4.40 Å². The van der Waals surface area contributed by atoms with E-state index in [9.17, 15) is 4.79 Å². The van der Waals surface area contributed by atoms with Crippen LogP contribution in [-0.2, 0) is 0 Å². The fourth-order valence-corrected chi connectivity index (χ4v) is 4.35. The lowest BCUT2D eigenvalue weighted by atomic mass is 10.0. The fraction of sp³-hybridized carbons (Fsp3) is 0.250. The first-order valence-corrected chi connectivity index (χ1v) is 10.3. The van der Waals surface area contributed by atoms with E-state index in [0.717, 1.165) is 70.1 Å². The minimum absolute atomic E-state index is 0.00732. The Morgan fingerprint density at radius 3 is 2.55 bits per heavy atom. The van der Waals surface area contributed by atoms with Crippen LogP contribution in [0.15, 0.2) is 59.4 Å². The predicted molar refractivity (Wildman–Crippen MR) is 121 cm³/mol. The summed E-state index contributed by atoms with van der Waals surface area (Å²) in [7, 11) is 0. The number of anilines is 1. The third kappa shape index (κ3) is 2.73. The molecule has 0 radical (unpaired) electrons. The molecule has 5 nitrogen and oxygen atoms in total. The molecule has 0 aliphatic carbocycles. The van der Waals surface area contributed by atoms with E-state index < -0.39 is 0 Å². The maximum atomic E-state index is 13.4. The van der Waals surface area contributed by atoms with E-state index in [1.807, 2.05) is 36.4 Å². The van der Waals surface area contributed by atoms with Crippen molar-refractivity contribution in [2.24, 2.45) is 0 Å². The highest BCUT2D eigenvalue weighted by Gasteiger charge is 2.17. The molecule has 5 heteroatoms. The summed E-state index contributed by atoms with van der Waals surface area (Å²) in [6.45, 7) is 8.32. The van der Waals surface area contributed by atoms with Gasteiger partial charge in [-0.05, 0) is 43.4 Å². The van der Waals surface area contributed by atoms with Crippen molar-refractivity contribution in [1.82, 2.24) is 14.3 Å². The number of imidazole rings is 1. The van der Waals surface area contributed by atoms with E-state index in [0.29, 0.717) is 0 Å². The van der Waals surface area contributed by atoms with Crippen molar-refractivity contribution in [2.45, 2.75) is 13.8 Å². The average molecular weight is 384 g/mol. The van der Waals surface area contributed by atoms with Crippen LogP contribution in [-0.4, -0.2) is 40.5 Å². The molecular weight excluding hydrogens is 360 g/mol. The Hall–Kier alpha value is -3.18. The summed E-state index contributed by atoms with van der Waals surface area (Å²) in [4.78, 5) is 20.5. The van der Waals surface area contributed by atoms with Gasteiger partial charge in [-0.3, -0.25) is 9.20 Å². The van der Waals surface area contributed by atoms with Crippen LogP contribution in [0, 0.1) is 0 Å². The highest BCUT2D eigenvalue weighted by molar-refractivity contribution is 6.18. The van der Waals surface area contributed by atoms with Gasteiger partial charge in [-0.15, -0.1) is 0 Å². The molecular formula is C24H24N4O. The molecule has 2 aromatic heterocycles. The van der Waals surface area contributed by atoms with Crippen molar-refractivity contribution >= 4 is 43.9 Å². The number of nitrogens with zero attached hydrogens (tertiary/aromatic N) is 3. The van der Waals surface area contributed by atoms with Gasteiger partial charge in [-0.2, -0.15) is 0 Å². The minimum atomic E-state index is -0.00732. The molecule has 1 N–H and O–H groups in total. The zero-order chi connectivity index (χ0) is 20.0. The number of hydrogen-bond donors (Lipinski definition) is 1. The molecule has 0 atom stereocenters. The lowest BCUT2D eigenvalue weighted by Gasteiger charge is -2.19. The van der Waals surface area contributed by atoms with E-state index >= 15 is 0 Å². The highest BCUT2D eigenvalue weighted by Crippen LogP contribution is 2.33. The molecule has 0 unspecified atom stereocenters. The first-order valence-electron chi connectivity index (χ1n) is 10.3. The third-order valence-corrected chi connectivity index (χ3v) is 5.91. The predicted octanol–water partition coefficient (Wildman–Crippen LogP) is 4.35. The normalized spacial score (nSPS) is 12.1. The van der Waals surface area contributed by atoms with E-state index in [-0.39, 0.29) is 5.56 Å². The van der Waals surface area contributed by atoms with Crippen molar-refractivity contribution < 1.29 is 0 Å². The summed E-state index contributed by atoms with van der Waals surface area (Å²) < 4.78 is 1.75. The van der Waals surface area contributed by atoms with Crippen LogP contribution >= 0.6 is 0 Å². The molecule has 0 amide bonds. The Bertz CT molecular complexity index is 1380. The van der Waals surface area contributed by atoms with Crippen molar-refractivity contribution in [3.05, 3.63) is 65.0 Å². The zero-order valence-corrected chi connectivity index (χ0v) is 16.8. The van der Waals surface area contributed by atoms with E-state index in [1.165, 1.54) is 0 Å². The first-order chi connectivity index (χ1) is 14.2. The number of para-hydroxylation sites is 2. The van der Waals surface area contributed by atoms with Crippen LogP contribution in [0.2, 0.25) is 0 Å². The minimum Gasteiger partial charge on any atom is -0.383 e. The van der Waals surface area contributed by atoms with Gasteiger partial charge in [-0.1, -0.05) is 38.1 Å². The quantitative estimate of drug-likeness (QED) is 0.473. The monoisotopic (exact) mass is 384 g/mol. The molecule has 0 saturated heterocycles. The molecule has 146 valence electrons. The fourth-order valence-electron chi connectivity index (χ4n) is 4.35. The van der Waals surface area contributed by atoms with Crippen LogP contribution in [0.5, 0.6) is 0 Å². The number of nitrogens with one attached hydrogen (secondary N) is 1. The lowest BCUT2D eigenvalue weighted by Crippen LogP contribution is -2.28. The Balaban J connectivity index is 1.71. The molecule has 0 aliphatic rings. The second-order valence-corrected chi connectivity index (χ2v) is 7.41. The van der Waals surface area contributed by atoms with Gasteiger partial charge in [0.15, 0.2) is 0 Å². The first kappa shape index (κ1) is 17.9. The van der Waals surface area contributed by atoms with Gasteiger partial charge in [0.05, 0.1) is 11.0 Å². The molecule has 0 fully saturated rings. The summed E-state index contributed by atoms with van der Waals surface area (Å²) in [6, 6.07) is 18.0. The van der Waals surface area contributed by atoms with Crippen LogP contribution in [0.4, 0.5) is 5.69 Å². The maximum Gasteiger partial charge on any atom is 0.264 e. The van der Waals surface area contributed by atoms with Gasteiger partial charge >= 0.3 is 0 Å². The number of fused-ring (bicyclic) bond motifs is 4. The van der Waals surface area contributed by atoms with Crippen molar-refractivity contribution in [3.63, 3.8) is 0 Å². The molecule has 5 aromatic rings. The molecule has 0 saturated carbocycles. The van der Waals surface area contributed by atoms with Crippen LogP contribution in [0.25, 0.3) is 38.2 Å². The summed E-state index contributed by atoms with van der Waals surface area (Å²) in [5.74, 6) is 0. The lowest BCUT2D eigenvalue weighted by molar-refractivity contribution is 0.316. The standard InChI is InChI=1S/C24H24N4O/c1-3-27(4-2)15-14-25-19-13-12-17-22-16(19)8-7-9-18(22)24(29)28-21-11-6-5-10-20(21)26-23(17)28/h5-13,25H,3-4,14-15H2,1-2H3. The van der Waals surface area contributed by atoms with E-state index in [4.69, 9.17) is 4.98 Å². The van der Waals surface area contributed by atoms with Crippen molar-refractivity contribution in [1.29, 1.82) is 0 Å². The Labute approximate surface area is 168 Å². The second kappa shape index (κ2) is 7.01. The Kier molecular flexibility index (Phi) is 4.32. The zero-order valence-electron chi connectivity index (χ0n) is 16.8. The summed E-state index contributed by atoms with van der Waals surface area (Å²) in [5.41, 5.74) is 3.49. The molecule has 0 spiro atoms. The van der Waals surface area contributed by atoms with Gasteiger partial charge < -0.3 is 10.2 Å². The molecule has 3 aromatic carbocycles. The van der Waals surface area contributed by atoms with Gasteiger partial charge in [0.1, 0.15) is 5.65 Å². The molecule has 0 bridgehead atoms. The Morgan fingerprint density at radius 2 is 1.72 bits per heavy atom. The summed E-state index contributed by atoms with van der Waals surface area (Å²) in [6.07, 6.45) is 0. The largest absolute Gasteiger partial charge is 0.383 e. The highest BCUT2D eigenvalue weighted by atomic mass is 16.1. The van der Waals surface area contributed by atoms with Crippen molar-refractivity contribution in [3.8, 4) is 0 Å².